The first-order chi connectivity index (χ1) is 10.4. The van der Waals surface area contributed by atoms with Crippen LogP contribution in [0.25, 0.3) is 0 Å². The molecule has 0 aromatic carbocycles. The molecule has 0 spiro atoms. The Bertz CT molecular complexity index is 360. The summed E-state index contributed by atoms with van der Waals surface area (Å²) in [7, 11) is 0. The van der Waals surface area contributed by atoms with Crippen LogP contribution in [0.15, 0.2) is 0 Å². The topological polar surface area (TPSA) is 130 Å². The number of primary amides is 1. The van der Waals surface area contributed by atoms with E-state index >= 15 is 0 Å². The average molecular weight is 316 g/mol. The SMILES string of the molecule is CCCCCCC[C@@H](O)CC(=O)N[C@@H](CCC(N)=O)C(=O)O. The zero-order valence-electron chi connectivity index (χ0n) is 13.2. The minimum atomic E-state index is -1.22. The largest absolute Gasteiger partial charge is 0.480 e. The van der Waals surface area contributed by atoms with Gasteiger partial charge in [-0.25, -0.2) is 4.79 Å². The number of hydrogen-bond donors (Lipinski definition) is 4. The molecule has 0 aromatic rings. The third-order valence-electron chi connectivity index (χ3n) is 3.37. The van der Waals surface area contributed by atoms with Gasteiger partial charge in [-0.1, -0.05) is 39.0 Å². The van der Waals surface area contributed by atoms with E-state index in [4.69, 9.17) is 10.8 Å². The predicted octanol–water partition coefficient (Wildman–Crippen LogP) is 0.933. The molecule has 0 rings (SSSR count). The van der Waals surface area contributed by atoms with Gasteiger partial charge in [-0.05, 0) is 12.8 Å². The van der Waals surface area contributed by atoms with E-state index < -0.39 is 29.9 Å². The van der Waals surface area contributed by atoms with E-state index in [2.05, 4.69) is 12.2 Å². The van der Waals surface area contributed by atoms with Crippen LogP contribution in [0.5, 0.6) is 0 Å². The van der Waals surface area contributed by atoms with Crippen LogP contribution in [0, 0.1) is 0 Å². The highest BCUT2D eigenvalue weighted by atomic mass is 16.4. The third kappa shape index (κ3) is 11.1. The molecule has 7 nitrogen and oxygen atoms in total. The summed E-state index contributed by atoms with van der Waals surface area (Å²) in [5.41, 5.74) is 4.96. The minimum absolute atomic E-state index is 0.0521. The van der Waals surface area contributed by atoms with Crippen LogP contribution in [0.3, 0.4) is 0 Å². The van der Waals surface area contributed by atoms with Crippen molar-refractivity contribution in [1.29, 1.82) is 0 Å². The van der Waals surface area contributed by atoms with Crippen LogP contribution in [0.1, 0.15) is 64.7 Å². The molecule has 0 aliphatic rings. The fourth-order valence-corrected chi connectivity index (χ4v) is 2.10. The van der Waals surface area contributed by atoms with Gasteiger partial charge in [0.1, 0.15) is 6.04 Å². The van der Waals surface area contributed by atoms with Crippen molar-refractivity contribution in [3.8, 4) is 0 Å². The zero-order chi connectivity index (χ0) is 17.0. The first kappa shape index (κ1) is 20.4. The minimum Gasteiger partial charge on any atom is -0.480 e. The van der Waals surface area contributed by atoms with Gasteiger partial charge in [0.15, 0.2) is 0 Å². The lowest BCUT2D eigenvalue weighted by molar-refractivity contribution is -0.142. The Morgan fingerprint density at radius 2 is 1.73 bits per heavy atom. The Morgan fingerprint density at radius 3 is 2.27 bits per heavy atom. The van der Waals surface area contributed by atoms with Crippen LogP contribution < -0.4 is 11.1 Å². The molecular formula is C15H28N2O5. The van der Waals surface area contributed by atoms with Crippen LogP contribution >= 0.6 is 0 Å². The fourth-order valence-electron chi connectivity index (χ4n) is 2.10. The van der Waals surface area contributed by atoms with E-state index in [-0.39, 0.29) is 19.3 Å². The molecule has 0 heterocycles. The lowest BCUT2D eigenvalue weighted by Gasteiger charge is -2.15. The number of aliphatic carboxylic acids is 1. The Balaban J connectivity index is 4.01. The van der Waals surface area contributed by atoms with Crippen molar-refractivity contribution < 1.29 is 24.6 Å². The number of carboxylic acid groups (broad SMARTS) is 1. The Hall–Kier alpha value is -1.63. The number of carbonyl (C=O) groups excluding carboxylic acids is 2. The molecule has 0 aliphatic heterocycles. The lowest BCUT2D eigenvalue weighted by atomic mass is 10.1. The zero-order valence-corrected chi connectivity index (χ0v) is 13.2. The maximum absolute atomic E-state index is 11.7. The quantitative estimate of drug-likeness (QED) is 0.376. The van der Waals surface area contributed by atoms with Crippen LogP contribution in [0.4, 0.5) is 0 Å². The highest BCUT2D eigenvalue weighted by molar-refractivity contribution is 5.84. The number of hydrogen-bond acceptors (Lipinski definition) is 4. The number of nitrogens with two attached hydrogens (primary N) is 1. The van der Waals surface area contributed by atoms with E-state index in [0.717, 1.165) is 32.1 Å². The van der Waals surface area contributed by atoms with Gasteiger partial charge < -0.3 is 21.3 Å². The summed E-state index contributed by atoms with van der Waals surface area (Å²) in [6, 6.07) is -1.16. The number of unbranched alkanes of at least 4 members (excludes halogenated alkanes) is 4. The van der Waals surface area contributed by atoms with E-state index in [0.29, 0.717) is 6.42 Å². The van der Waals surface area contributed by atoms with Crippen LogP contribution in [0.2, 0.25) is 0 Å². The molecule has 0 unspecified atom stereocenters. The van der Waals surface area contributed by atoms with Crippen molar-refractivity contribution in [2.45, 2.75) is 76.9 Å². The van der Waals surface area contributed by atoms with E-state index in [9.17, 15) is 19.5 Å². The Morgan fingerprint density at radius 1 is 1.09 bits per heavy atom. The second kappa shape index (κ2) is 12.0. The summed E-state index contributed by atoms with van der Waals surface area (Å²) in [5, 5.41) is 21.0. The highest BCUT2D eigenvalue weighted by Gasteiger charge is 2.21. The van der Waals surface area contributed by atoms with E-state index in [1.54, 1.807) is 0 Å². The molecule has 0 saturated heterocycles. The van der Waals surface area contributed by atoms with Gasteiger partial charge in [0, 0.05) is 6.42 Å². The molecule has 2 atom stereocenters. The molecular weight excluding hydrogens is 288 g/mol. The molecule has 0 bridgehead atoms. The van der Waals surface area contributed by atoms with Gasteiger partial charge in [-0.15, -0.1) is 0 Å². The first-order valence-corrected chi connectivity index (χ1v) is 7.85. The maximum atomic E-state index is 11.7. The monoisotopic (exact) mass is 316 g/mol. The second-order valence-electron chi connectivity index (χ2n) is 5.52. The van der Waals surface area contributed by atoms with E-state index in [1.165, 1.54) is 0 Å². The van der Waals surface area contributed by atoms with Crippen molar-refractivity contribution in [2.75, 3.05) is 0 Å². The van der Waals surface area contributed by atoms with Crippen molar-refractivity contribution in [3.05, 3.63) is 0 Å². The fraction of sp³-hybridized carbons (Fsp3) is 0.800. The second-order valence-corrected chi connectivity index (χ2v) is 5.52. The summed E-state index contributed by atoms with van der Waals surface area (Å²) >= 11 is 0. The third-order valence-corrected chi connectivity index (χ3v) is 3.37. The van der Waals surface area contributed by atoms with Crippen molar-refractivity contribution in [2.24, 2.45) is 5.73 Å². The van der Waals surface area contributed by atoms with Gasteiger partial charge in [0.25, 0.3) is 0 Å². The number of aliphatic hydroxyl groups excluding tert-OH is 1. The summed E-state index contributed by atoms with van der Waals surface area (Å²) in [6.45, 7) is 2.12. The smallest absolute Gasteiger partial charge is 0.326 e. The van der Waals surface area contributed by atoms with E-state index in [1.807, 2.05) is 0 Å². The Kier molecular flexibility index (Phi) is 11.1. The van der Waals surface area contributed by atoms with Gasteiger partial charge in [0.05, 0.1) is 12.5 Å². The average Bonchev–Trinajstić information content (AvgIpc) is 2.42. The summed E-state index contributed by atoms with van der Waals surface area (Å²) in [5.74, 6) is -2.37. The van der Waals surface area contributed by atoms with Gasteiger partial charge >= 0.3 is 5.97 Å². The van der Waals surface area contributed by atoms with Gasteiger partial charge in [0.2, 0.25) is 11.8 Å². The number of carboxylic acids is 1. The first-order valence-electron chi connectivity index (χ1n) is 7.85. The molecule has 0 saturated carbocycles. The molecule has 7 heteroatoms. The maximum Gasteiger partial charge on any atom is 0.326 e. The number of aliphatic hydroxyl groups is 1. The summed E-state index contributed by atoms with van der Waals surface area (Å²) in [4.78, 5) is 33.3. The molecule has 0 radical (unpaired) electrons. The number of rotatable bonds is 13. The molecule has 128 valence electrons. The molecule has 0 aromatic heterocycles. The number of nitrogens with one attached hydrogen (secondary N) is 1. The molecule has 22 heavy (non-hydrogen) atoms. The van der Waals surface area contributed by atoms with Crippen molar-refractivity contribution in [1.82, 2.24) is 5.32 Å². The summed E-state index contributed by atoms with van der Waals surface area (Å²) < 4.78 is 0. The number of amides is 2. The highest BCUT2D eigenvalue weighted by Crippen LogP contribution is 2.09. The Labute approximate surface area is 131 Å². The molecule has 2 amide bonds. The standard InChI is InChI=1S/C15H28N2O5/c1-2-3-4-5-6-7-11(18)10-14(20)17-12(15(21)22)8-9-13(16)19/h11-12,18H,2-10H2,1H3,(H2,16,19)(H,17,20)(H,21,22)/t11-,12+/m1/s1. The molecule has 0 aliphatic carbocycles. The normalized spacial score (nSPS) is 13.4. The van der Waals surface area contributed by atoms with Crippen LogP contribution in [-0.2, 0) is 14.4 Å². The molecule has 0 fully saturated rings. The summed E-state index contributed by atoms with van der Waals surface area (Å²) in [6.07, 6.45) is 4.74. The van der Waals surface area contributed by atoms with Crippen molar-refractivity contribution >= 4 is 17.8 Å². The van der Waals surface area contributed by atoms with Gasteiger partial charge in [-0.3, -0.25) is 9.59 Å². The lowest BCUT2D eigenvalue weighted by Crippen LogP contribution is -2.42. The van der Waals surface area contributed by atoms with Gasteiger partial charge in [-0.2, -0.15) is 0 Å². The van der Waals surface area contributed by atoms with Crippen molar-refractivity contribution in [3.63, 3.8) is 0 Å². The predicted molar refractivity (Wildman–Crippen MR) is 82.0 cm³/mol. The number of carbonyl (C=O) groups is 3. The van der Waals surface area contributed by atoms with Crippen LogP contribution in [-0.4, -0.2) is 40.1 Å². The molecule has 5 N–H and O–H groups in total.